The van der Waals surface area contributed by atoms with Crippen LogP contribution in [-0.2, 0) is 13.6 Å². The van der Waals surface area contributed by atoms with Crippen molar-refractivity contribution in [3.05, 3.63) is 69.0 Å². The molecule has 0 aliphatic rings. The Labute approximate surface area is 149 Å². The molecule has 0 saturated heterocycles. The number of carbonyl (C=O) groups excluding carboxylic acids is 1. The van der Waals surface area contributed by atoms with E-state index < -0.39 is 5.91 Å². The Morgan fingerprint density at radius 2 is 1.96 bits per heavy atom. The largest absolute Gasteiger partial charge is 0.481 e. The summed E-state index contributed by atoms with van der Waals surface area (Å²) in [5.74, 6) is -0.0318. The fraction of sp³-hybridized carbons (Fsp3) is 0.167. The minimum atomic E-state index is -0.437. The number of pyridine rings is 2. The Morgan fingerprint density at radius 3 is 2.64 bits per heavy atom. The number of methoxy groups -OCH3 is 1. The molecule has 0 spiro atoms. The monoisotopic (exact) mass is 357 g/mol. The molecule has 25 heavy (non-hydrogen) atoms. The summed E-state index contributed by atoms with van der Waals surface area (Å²) in [6.45, 7) is 0.304. The van der Waals surface area contributed by atoms with Gasteiger partial charge in [-0.1, -0.05) is 23.7 Å². The Balaban J connectivity index is 1.90. The molecule has 1 amide bonds. The van der Waals surface area contributed by atoms with E-state index in [1.807, 2.05) is 12.1 Å². The molecule has 6 nitrogen and oxygen atoms in total. The normalized spacial score (nSPS) is 10.7. The molecule has 3 rings (SSSR count). The lowest BCUT2D eigenvalue weighted by Crippen LogP contribution is -2.29. The first-order chi connectivity index (χ1) is 12.0. The van der Waals surface area contributed by atoms with Gasteiger partial charge in [0.25, 0.3) is 5.91 Å². The second kappa shape index (κ2) is 6.94. The molecule has 0 radical (unpaired) electrons. The summed E-state index contributed by atoms with van der Waals surface area (Å²) < 4.78 is 6.71. The molecule has 0 bridgehead atoms. The predicted octanol–water partition coefficient (Wildman–Crippen LogP) is 2.53. The van der Waals surface area contributed by atoms with Gasteiger partial charge in [-0.2, -0.15) is 4.98 Å². The fourth-order valence-corrected chi connectivity index (χ4v) is 2.62. The van der Waals surface area contributed by atoms with E-state index in [4.69, 9.17) is 16.3 Å². The second-order valence-corrected chi connectivity index (χ2v) is 5.95. The third kappa shape index (κ3) is 3.49. The summed E-state index contributed by atoms with van der Waals surface area (Å²) in [5.41, 5.74) is 1.05. The smallest absolute Gasteiger partial charge is 0.257 e. The van der Waals surface area contributed by atoms with E-state index in [1.165, 1.54) is 13.3 Å². The highest BCUT2D eigenvalue weighted by atomic mass is 35.5. The molecular weight excluding hydrogens is 342 g/mol. The molecule has 0 saturated carbocycles. The maximum absolute atomic E-state index is 12.6. The Morgan fingerprint density at radius 1 is 1.24 bits per heavy atom. The van der Waals surface area contributed by atoms with Crippen molar-refractivity contribution >= 4 is 28.5 Å². The Kier molecular flexibility index (Phi) is 4.72. The molecule has 0 aliphatic heterocycles. The van der Waals surface area contributed by atoms with Gasteiger partial charge in [-0.3, -0.25) is 9.59 Å². The van der Waals surface area contributed by atoms with E-state index in [0.717, 1.165) is 5.56 Å². The summed E-state index contributed by atoms with van der Waals surface area (Å²) in [7, 11) is 3.23. The number of rotatable bonds is 4. The van der Waals surface area contributed by atoms with E-state index in [-0.39, 0.29) is 11.0 Å². The fourth-order valence-electron chi connectivity index (χ4n) is 2.49. The summed E-state index contributed by atoms with van der Waals surface area (Å²) in [5, 5.41) is 3.74. The number of hydrogen-bond acceptors (Lipinski definition) is 4. The molecule has 0 aliphatic carbocycles. The molecule has 3 aromatic rings. The number of benzene rings is 1. The second-order valence-electron chi connectivity index (χ2n) is 5.52. The number of carbonyl (C=O) groups is 1. The maximum Gasteiger partial charge on any atom is 0.257 e. The zero-order valence-electron chi connectivity index (χ0n) is 13.7. The van der Waals surface area contributed by atoms with Crippen molar-refractivity contribution in [2.75, 3.05) is 7.11 Å². The average Bonchev–Trinajstić information content (AvgIpc) is 2.63. The molecule has 1 N–H and O–H groups in total. The summed E-state index contributed by atoms with van der Waals surface area (Å²) in [4.78, 5) is 29.3. The van der Waals surface area contributed by atoms with Crippen molar-refractivity contribution in [3.63, 3.8) is 0 Å². The molecular formula is C18H16ClN3O3. The lowest BCUT2D eigenvalue weighted by molar-refractivity contribution is 0.0949. The molecule has 1 aromatic carbocycles. The van der Waals surface area contributed by atoms with Crippen LogP contribution in [0, 0.1) is 0 Å². The van der Waals surface area contributed by atoms with E-state index in [1.54, 1.807) is 35.9 Å². The topological polar surface area (TPSA) is 73.2 Å². The van der Waals surface area contributed by atoms with Crippen LogP contribution in [0.25, 0.3) is 11.0 Å². The lowest BCUT2D eigenvalue weighted by Gasteiger charge is -2.10. The molecule has 0 fully saturated rings. The molecule has 0 unspecified atom stereocenters. The number of halogens is 1. The van der Waals surface area contributed by atoms with Gasteiger partial charge in [-0.05, 0) is 23.8 Å². The average molecular weight is 358 g/mol. The maximum atomic E-state index is 12.6. The van der Waals surface area contributed by atoms with Crippen LogP contribution in [0.3, 0.4) is 0 Å². The lowest BCUT2D eigenvalue weighted by atomic mass is 10.1. The Bertz CT molecular complexity index is 997. The van der Waals surface area contributed by atoms with Crippen LogP contribution >= 0.6 is 11.6 Å². The van der Waals surface area contributed by atoms with Gasteiger partial charge >= 0.3 is 0 Å². The third-order valence-corrected chi connectivity index (χ3v) is 4.07. The predicted molar refractivity (Wildman–Crippen MR) is 96.2 cm³/mol. The van der Waals surface area contributed by atoms with E-state index in [2.05, 4.69) is 10.3 Å². The van der Waals surface area contributed by atoms with Crippen LogP contribution in [0.4, 0.5) is 0 Å². The van der Waals surface area contributed by atoms with Gasteiger partial charge in [0.05, 0.1) is 12.5 Å². The van der Waals surface area contributed by atoms with Crippen molar-refractivity contribution in [1.82, 2.24) is 14.9 Å². The van der Waals surface area contributed by atoms with Crippen molar-refractivity contribution in [2.45, 2.75) is 6.54 Å². The number of aryl methyl sites for hydroxylation is 1. The van der Waals surface area contributed by atoms with Gasteiger partial charge in [0, 0.05) is 30.9 Å². The molecule has 128 valence electrons. The molecule has 2 aromatic heterocycles. The van der Waals surface area contributed by atoms with Crippen LogP contribution in [0.2, 0.25) is 5.02 Å². The molecule has 7 heteroatoms. The molecule has 2 heterocycles. The van der Waals surface area contributed by atoms with E-state index in [0.29, 0.717) is 28.5 Å². The van der Waals surface area contributed by atoms with Crippen LogP contribution in [0.15, 0.2) is 47.4 Å². The highest BCUT2D eigenvalue weighted by molar-refractivity contribution is 6.30. The highest BCUT2D eigenvalue weighted by Gasteiger charge is 2.15. The quantitative estimate of drug-likeness (QED) is 0.778. The zero-order valence-corrected chi connectivity index (χ0v) is 14.5. The number of hydrogen-bond donors (Lipinski definition) is 1. The van der Waals surface area contributed by atoms with Crippen LogP contribution < -0.4 is 15.5 Å². The number of amides is 1. The standard InChI is InChI=1S/C18H16ClN3O3/c1-22-10-14(16(23)13-7-8-15(25-2)21-17(13)22)18(24)20-9-11-3-5-12(19)6-4-11/h3-8,10H,9H2,1-2H3,(H,20,24). The van der Waals surface area contributed by atoms with Crippen LogP contribution in [0.1, 0.15) is 15.9 Å². The van der Waals surface area contributed by atoms with Crippen molar-refractivity contribution in [3.8, 4) is 5.88 Å². The number of fused-ring (bicyclic) bond motifs is 1. The van der Waals surface area contributed by atoms with Gasteiger partial charge in [0.1, 0.15) is 11.2 Å². The zero-order chi connectivity index (χ0) is 18.0. The molecule has 0 atom stereocenters. The highest BCUT2D eigenvalue weighted by Crippen LogP contribution is 2.14. The number of ether oxygens (including phenoxy) is 1. The van der Waals surface area contributed by atoms with Crippen LogP contribution in [0.5, 0.6) is 5.88 Å². The first kappa shape index (κ1) is 17.0. The number of nitrogens with zero attached hydrogens (tertiary/aromatic N) is 2. The van der Waals surface area contributed by atoms with Gasteiger partial charge < -0.3 is 14.6 Å². The van der Waals surface area contributed by atoms with Gasteiger partial charge in [0.2, 0.25) is 11.3 Å². The van der Waals surface area contributed by atoms with Crippen molar-refractivity contribution in [2.24, 2.45) is 7.05 Å². The van der Waals surface area contributed by atoms with Crippen molar-refractivity contribution in [1.29, 1.82) is 0 Å². The van der Waals surface area contributed by atoms with Crippen LogP contribution in [-0.4, -0.2) is 22.6 Å². The van der Waals surface area contributed by atoms with Gasteiger partial charge in [0.15, 0.2) is 0 Å². The number of nitrogens with one attached hydrogen (secondary N) is 1. The SMILES string of the molecule is COc1ccc2c(=O)c(C(=O)NCc3ccc(Cl)cc3)cn(C)c2n1. The first-order valence-electron chi connectivity index (χ1n) is 7.56. The number of aromatic nitrogens is 2. The van der Waals surface area contributed by atoms with Crippen molar-refractivity contribution < 1.29 is 9.53 Å². The minimum absolute atomic E-state index is 0.0657. The van der Waals surface area contributed by atoms with E-state index >= 15 is 0 Å². The minimum Gasteiger partial charge on any atom is -0.481 e. The summed E-state index contributed by atoms with van der Waals surface area (Å²) in [6, 6.07) is 10.3. The Hall–Kier alpha value is -2.86. The van der Waals surface area contributed by atoms with E-state index in [9.17, 15) is 9.59 Å². The van der Waals surface area contributed by atoms with Gasteiger partial charge in [-0.25, -0.2) is 0 Å². The summed E-state index contributed by atoms with van der Waals surface area (Å²) >= 11 is 5.84. The summed E-state index contributed by atoms with van der Waals surface area (Å²) in [6.07, 6.45) is 1.48. The first-order valence-corrected chi connectivity index (χ1v) is 7.94. The third-order valence-electron chi connectivity index (χ3n) is 3.82. The van der Waals surface area contributed by atoms with Gasteiger partial charge in [-0.15, -0.1) is 0 Å².